The predicted molar refractivity (Wildman–Crippen MR) is 120 cm³/mol. The highest BCUT2D eigenvalue weighted by atomic mass is 16.6. The van der Waals surface area contributed by atoms with Crippen LogP contribution in [0.4, 0.5) is 0 Å². The van der Waals surface area contributed by atoms with Crippen molar-refractivity contribution < 1.29 is 19.4 Å². The van der Waals surface area contributed by atoms with E-state index in [-0.39, 0.29) is 18.1 Å². The van der Waals surface area contributed by atoms with Crippen molar-refractivity contribution in [2.24, 2.45) is 0 Å². The molecule has 0 radical (unpaired) electrons. The molecule has 1 rings (SSSR count). The molecule has 0 aromatic rings. The fraction of sp³-hybridized carbons (Fsp3) is 0.720. The minimum Gasteiger partial charge on any atom is -0.505 e. The maximum atomic E-state index is 11.7. The molecule has 1 aliphatic heterocycles. The van der Waals surface area contributed by atoms with Crippen LogP contribution in [0.25, 0.3) is 0 Å². The molecule has 1 N–H and O–H groups in total. The number of hydrogen-bond acceptors (Lipinski definition) is 4. The molecule has 0 saturated heterocycles. The van der Waals surface area contributed by atoms with Crippen LogP contribution in [0, 0.1) is 0 Å². The average molecular weight is 407 g/mol. The van der Waals surface area contributed by atoms with Gasteiger partial charge in [-0.15, -0.1) is 0 Å². The Morgan fingerprint density at radius 3 is 2.07 bits per heavy atom. The minimum absolute atomic E-state index is 0.0737. The Morgan fingerprint density at radius 1 is 0.931 bits per heavy atom. The van der Waals surface area contributed by atoms with Crippen molar-refractivity contribution >= 4 is 5.97 Å². The van der Waals surface area contributed by atoms with Crippen molar-refractivity contribution in [1.29, 1.82) is 0 Å². The van der Waals surface area contributed by atoms with E-state index in [2.05, 4.69) is 25.7 Å². The molecule has 0 aliphatic carbocycles. The summed E-state index contributed by atoms with van der Waals surface area (Å²) >= 11 is 0. The molecule has 4 heteroatoms. The summed E-state index contributed by atoms with van der Waals surface area (Å²) in [6.45, 7) is 5.97. The number of hydrogen-bond donors (Lipinski definition) is 1. The number of unbranched alkanes of at least 4 members (excludes halogenated alkanes) is 12. The van der Waals surface area contributed by atoms with Gasteiger partial charge in [-0.1, -0.05) is 102 Å². The Hall–Kier alpha value is -1.71. The summed E-state index contributed by atoms with van der Waals surface area (Å²) < 4.78 is 10.3. The topological polar surface area (TPSA) is 55.8 Å². The van der Waals surface area contributed by atoms with E-state index in [1.165, 1.54) is 83.1 Å². The normalized spacial score (nSPS) is 16.6. The van der Waals surface area contributed by atoms with Crippen LogP contribution < -0.4 is 0 Å². The number of carbonyl (C=O) groups is 1. The molecule has 0 saturated carbocycles. The van der Waals surface area contributed by atoms with Crippen molar-refractivity contribution in [3.63, 3.8) is 0 Å². The van der Waals surface area contributed by atoms with Gasteiger partial charge in [0, 0.05) is 0 Å². The highest BCUT2D eigenvalue weighted by Gasteiger charge is 2.35. The van der Waals surface area contributed by atoms with Crippen molar-refractivity contribution in [3.8, 4) is 0 Å². The van der Waals surface area contributed by atoms with E-state index >= 15 is 0 Å². The van der Waals surface area contributed by atoms with Gasteiger partial charge >= 0.3 is 5.97 Å². The lowest BCUT2D eigenvalue weighted by atomic mass is 10.0. The Bertz CT molecular complexity index is 507. The predicted octanol–water partition coefficient (Wildman–Crippen LogP) is 7.31. The van der Waals surface area contributed by atoms with E-state index in [1.54, 1.807) is 0 Å². The first-order valence-electron chi connectivity index (χ1n) is 11.7. The fourth-order valence-electron chi connectivity index (χ4n) is 3.55. The smallest absolute Gasteiger partial charge is 0.378 e. The maximum absolute atomic E-state index is 11.7. The summed E-state index contributed by atoms with van der Waals surface area (Å²) in [6, 6.07) is 0. The third-order valence-electron chi connectivity index (χ3n) is 5.30. The second-order valence-electron chi connectivity index (χ2n) is 7.93. The summed E-state index contributed by atoms with van der Waals surface area (Å²) in [7, 11) is 0. The van der Waals surface area contributed by atoms with E-state index < -0.39 is 12.1 Å². The van der Waals surface area contributed by atoms with E-state index in [4.69, 9.17) is 9.47 Å². The minimum atomic E-state index is -0.588. The van der Waals surface area contributed by atoms with Gasteiger partial charge in [-0.25, -0.2) is 4.79 Å². The van der Waals surface area contributed by atoms with Crippen LogP contribution in [-0.4, -0.2) is 23.8 Å². The van der Waals surface area contributed by atoms with E-state index in [0.717, 1.165) is 12.8 Å². The van der Waals surface area contributed by atoms with Gasteiger partial charge < -0.3 is 14.6 Å². The number of carbonyl (C=O) groups excluding carboxylic acids is 1. The molecular formula is C25H42O4. The molecule has 1 heterocycles. The zero-order valence-electron chi connectivity index (χ0n) is 18.5. The average Bonchev–Trinajstić information content (AvgIpc) is 2.99. The Morgan fingerprint density at radius 2 is 1.48 bits per heavy atom. The molecule has 4 nitrogen and oxygen atoms in total. The highest BCUT2D eigenvalue weighted by molar-refractivity contribution is 5.89. The third-order valence-corrected chi connectivity index (χ3v) is 5.30. The monoisotopic (exact) mass is 406 g/mol. The molecule has 0 amide bonds. The molecule has 0 aromatic heterocycles. The number of esters is 1. The summed E-state index contributed by atoms with van der Waals surface area (Å²) in [5, 5.41) is 10.0. The maximum Gasteiger partial charge on any atom is 0.378 e. The molecule has 1 atom stereocenters. The van der Waals surface area contributed by atoms with E-state index in [0.29, 0.717) is 6.42 Å². The Labute approximate surface area is 178 Å². The van der Waals surface area contributed by atoms with Gasteiger partial charge in [-0.05, 0) is 25.7 Å². The quantitative estimate of drug-likeness (QED) is 0.139. The van der Waals surface area contributed by atoms with Gasteiger partial charge in [0.25, 0.3) is 0 Å². The number of allylic oxidation sites excluding steroid dienone is 2. The summed E-state index contributed by atoms with van der Waals surface area (Å²) in [5.41, 5.74) is 0. The first kappa shape index (κ1) is 25.3. The van der Waals surface area contributed by atoms with Crippen LogP contribution in [0.3, 0.4) is 0 Å². The van der Waals surface area contributed by atoms with Crippen molar-refractivity contribution in [2.45, 2.75) is 109 Å². The first-order chi connectivity index (χ1) is 14.2. The molecule has 0 fully saturated rings. The van der Waals surface area contributed by atoms with Crippen LogP contribution in [0.5, 0.6) is 0 Å². The van der Waals surface area contributed by atoms with Gasteiger partial charge in [-0.3, -0.25) is 0 Å². The lowest BCUT2D eigenvalue weighted by Crippen LogP contribution is -2.10. The van der Waals surface area contributed by atoms with Gasteiger partial charge in [0.15, 0.2) is 11.9 Å². The molecule has 166 valence electrons. The number of cyclic esters (lactones) is 1. The van der Waals surface area contributed by atoms with Gasteiger partial charge in [0.1, 0.15) is 6.61 Å². The van der Waals surface area contributed by atoms with E-state index in [1.807, 2.05) is 0 Å². The molecular weight excluding hydrogens is 364 g/mol. The molecule has 0 bridgehead atoms. The second kappa shape index (κ2) is 17.2. The summed E-state index contributed by atoms with van der Waals surface area (Å²) in [4.78, 5) is 11.7. The molecule has 1 aliphatic rings. The lowest BCUT2D eigenvalue weighted by molar-refractivity contribution is -0.143. The van der Waals surface area contributed by atoms with Gasteiger partial charge in [0.2, 0.25) is 5.76 Å². The SMILES string of the molecule is C=CCOC1=C(O)[C@H](CC/C=C\CCCCCCCCCCCCCC)OC1=O. The van der Waals surface area contributed by atoms with Crippen molar-refractivity contribution in [3.05, 3.63) is 36.3 Å². The Balaban J connectivity index is 1.94. The second-order valence-corrected chi connectivity index (χ2v) is 7.93. The largest absolute Gasteiger partial charge is 0.505 e. The highest BCUT2D eigenvalue weighted by Crippen LogP contribution is 2.25. The molecule has 29 heavy (non-hydrogen) atoms. The summed E-state index contributed by atoms with van der Waals surface area (Å²) in [6.07, 6.45) is 24.1. The third kappa shape index (κ3) is 11.8. The zero-order chi connectivity index (χ0) is 21.2. The number of rotatable bonds is 19. The zero-order valence-corrected chi connectivity index (χ0v) is 18.5. The molecule has 0 aromatic carbocycles. The molecule has 0 spiro atoms. The number of aliphatic hydroxyl groups is 1. The van der Waals surface area contributed by atoms with Crippen molar-refractivity contribution in [2.75, 3.05) is 6.61 Å². The van der Waals surface area contributed by atoms with Gasteiger partial charge in [-0.2, -0.15) is 0 Å². The van der Waals surface area contributed by atoms with Gasteiger partial charge in [0.05, 0.1) is 0 Å². The van der Waals surface area contributed by atoms with Crippen LogP contribution in [0.15, 0.2) is 36.3 Å². The standard InChI is InChI=1S/C25H42O4/c1-3-5-6-7-8-9-10-11-12-13-14-15-16-17-18-19-20-22-23(26)24(25(27)29-22)28-21-4-2/h4,17-18,22,26H,2-3,5-16,19-21H2,1H3/b18-17-/t22-/m0/s1. The Kier molecular flexibility index (Phi) is 15.0. The first-order valence-corrected chi connectivity index (χ1v) is 11.7. The lowest BCUT2D eigenvalue weighted by Gasteiger charge is -2.07. The van der Waals surface area contributed by atoms with Crippen LogP contribution >= 0.6 is 0 Å². The fourth-order valence-corrected chi connectivity index (χ4v) is 3.55. The van der Waals surface area contributed by atoms with Crippen LogP contribution in [-0.2, 0) is 14.3 Å². The van der Waals surface area contributed by atoms with Crippen molar-refractivity contribution in [1.82, 2.24) is 0 Å². The van der Waals surface area contributed by atoms with Crippen LogP contribution in [0.2, 0.25) is 0 Å². The number of aliphatic hydroxyl groups excluding tert-OH is 1. The van der Waals surface area contributed by atoms with Crippen LogP contribution in [0.1, 0.15) is 103 Å². The van der Waals surface area contributed by atoms with E-state index in [9.17, 15) is 9.90 Å². The molecule has 0 unspecified atom stereocenters. The number of ether oxygens (including phenoxy) is 2. The summed E-state index contributed by atoms with van der Waals surface area (Å²) in [5.74, 6) is -0.753.